The molecule has 2 rings (SSSR count). The molecule has 0 amide bonds. The lowest BCUT2D eigenvalue weighted by Crippen LogP contribution is -2.15. The van der Waals surface area contributed by atoms with Gasteiger partial charge in [-0.15, -0.1) is 11.3 Å². The topological polar surface area (TPSA) is 110 Å². The van der Waals surface area contributed by atoms with Crippen molar-refractivity contribution in [3.05, 3.63) is 57.8 Å². The molecule has 166 valence electrons. The summed E-state index contributed by atoms with van der Waals surface area (Å²) >= 11 is 1.51. The Morgan fingerprint density at radius 1 is 1.03 bits per heavy atom. The van der Waals surface area contributed by atoms with E-state index in [-0.39, 0.29) is 18.3 Å². The molecule has 30 heavy (non-hydrogen) atoms. The number of nitrogens with two attached hydrogens (primary N) is 1. The summed E-state index contributed by atoms with van der Waals surface area (Å²) in [6.45, 7) is 0.426. The van der Waals surface area contributed by atoms with E-state index in [0.717, 1.165) is 41.9 Å². The highest BCUT2D eigenvalue weighted by Crippen LogP contribution is 2.37. The number of carbonyl (C=O) groups is 1. The first-order valence-corrected chi connectivity index (χ1v) is 12.8. The van der Waals surface area contributed by atoms with Crippen LogP contribution in [0.3, 0.4) is 0 Å². The molecule has 1 aromatic carbocycles. The van der Waals surface area contributed by atoms with Crippen molar-refractivity contribution in [1.82, 2.24) is 0 Å². The van der Waals surface area contributed by atoms with Gasteiger partial charge in [0.25, 0.3) is 0 Å². The maximum atomic E-state index is 12.4. The summed E-state index contributed by atoms with van der Waals surface area (Å²) in [5.74, 6) is 0.169. The minimum atomic E-state index is -4.46. The molecular weight excluding hydrogens is 421 g/mol. The van der Waals surface area contributed by atoms with Crippen LogP contribution in [-0.2, 0) is 21.9 Å². The zero-order valence-corrected chi connectivity index (χ0v) is 19.0. The number of benzene rings is 1. The quantitative estimate of drug-likeness (QED) is 0.204. The van der Waals surface area contributed by atoms with Crippen molar-refractivity contribution in [2.45, 2.75) is 51.4 Å². The average Bonchev–Trinajstić information content (AvgIpc) is 3.19. The third kappa shape index (κ3) is 10.1. The Morgan fingerprint density at radius 2 is 1.80 bits per heavy atom. The summed E-state index contributed by atoms with van der Waals surface area (Å²) in [5, 5.41) is 0. The monoisotopic (exact) mass is 453 g/mol. The molecule has 0 bridgehead atoms. The molecular formula is C22H32NO5PS. The molecule has 0 saturated heterocycles. The van der Waals surface area contributed by atoms with Gasteiger partial charge in [-0.2, -0.15) is 0 Å². The summed E-state index contributed by atoms with van der Waals surface area (Å²) in [6, 6.07) is 14.2. The van der Waals surface area contributed by atoms with Crippen molar-refractivity contribution in [3.8, 4) is 0 Å². The Hall–Kier alpha value is -1.34. The van der Waals surface area contributed by atoms with E-state index in [9.17, 15) is 9.36 Å². The minimum Gasteiger partial charge on any atom is -0.330 e. The van der Waals surface area contributed by atoms with Gasteiger partial charge in [0.1, 0.15) is 0 Å². The van der Waals surface area contributed by atoms with E-state index in [1.807, 2.05) is 18.2 Å². The molecule has 6 nitrogen and oxygen atoms in total. The van der Waals surface area contributed by atoms with Crippen molar-refractivity contribution in [2.75, 3.05) is 13.2 Å². The number of carbonyl (C=O) groups excluding carboxylic acids is 1. The molecule has 8 heteroatoms. The number of ketones is 1. The zero-order chi connectivity index (χ0) is 21.8. The number of thiophene rings is 1. The van der Waals surface area contributed by atoms with Gasteiger partial charge in [0, 0.05) is 11.3 Å². The predicted octanol–water partition coefficient (Wildman–Crippen LogP) is 4.74. The first-order valence-electron chi connectivity index (χ1n) is 10.4. The van der Waals surface area contributed by atoms with Gasteiger partial charge in [-0.1, -0.05) is 36.8 Å². The third-order valence-electron chi connectivity index (χ3n) is 5.00. The van der Waals surface area contributed by atoms with Gasteiger partial charge in [0.15, 0.2) is 5.78 Å². The normalized spacial score (nSPS) is 12.8. The Morgan fingerprint density at radius 3 is 2.50 bits per heavy atom. The first-order chi connectivity index (χ1) is 14.4. The Labute approximate surface area is 182 Å². The van der Waals surface area contributed by atoms with E-state index in [4.69, 9.17) is 15.5 Å². The molecule has 1 heterocycles. The molecule has 1 atom stereocenters. The van der Waals surface area contributed by atoms with Crippen LogP contribution < -0.4 is 5.73 Å². The molecule has 1 aromatic heterocycles. The van der Waals surface area contributed by atoms with Crippen LogP contribution in [0.2, 0.25) is 0 Å². The van der Waals surface area contributed by atoms with Gasteiger partial charge in [-0.3, -0.25) is 9.32 Å². The van der Waals surface area contributed by atoms with E-state index in [2.05, 4.69) is 28.8 Å². The summed E-state index contributed by atoms with van der Waals surface area (Å²) in [5.41, 5.74) is 6.93. The van der Waals surface area contributed by atoms with Crippen molar-refractivity contribution < 1.29 is 23.7 Å². The maximum Gasteiger partial charge on any atom is 0.469 e. The second kappa shape index (κ2) is 13.2. The summed E-state index contributed by atoms with van der Waals surface area (Å²) in [6.07, 6.45) is 6.74. The van der Waals surface area contributed by atoms with Crippen LogP contribution in [0.5, 0.6) is 0 Å². The zero-order valence-electron chi connectivity index (χ0n) is 17.2. The Bertz CT molecular complexity index is 805. The second-order valence-corrected chi connectivity index (χ2v) is 9.91. The van der Waals surface area contributed by atoms with Crippen molar-refractivity contribution in [3.63, 3.8) is 0 Å². The molecule has 0 aliphatic rings. The number of phosphoric acid groups is 1. The lowest BCUT2D eigenvalue weighted by molar-refractivity contribution is 0.0983. The average molecular weight is 454 g/mol. The van der Waals surface area contributed by atoms with Gasteiger partial charge >= 0.3 is 7.82 Å². The smallest absolute Gasteiger partial charge is 0.330 e. The lowest BCUT2D eigenvalue weighted by Gasteiger charge is -2.16. The fourth-order valence-corrected chi connectivity index (χ4v) is 4.71. The molecule has 0 radical (unpaired) electrons. The Balaban J connectivity index is 1.69. The minimum absolute atomic E-state index is 0.0123. The van der Waals surface area contributed by atoms with E-state index in [0.29, 0.717) is 25.8 Å². The van der Waals surface area contributed by atoms with Crippen molar-refractivity contribution in [2.24, 2.45) is 11.7 Å². The molecule has 4 N–H and O–H groups in total. The fraction of sp³-hybridized carbons (Fsp3) is 0.500. The van der Waals surface area contributed by atoms with Gasteiger partial charge in [0.2, 0.25) is 0 Å². The second-order valence-electron chi connectivity index (χ2n) is 7.50. The SMILES string of the molecule is NCCC(CCc1ccc(C(=O)CCCCCc2ccccc2)s1)COP(=O)(O)O. The van der Waals surface area contributed by atoms with Crippen LogP contribution >= 0.6 is 19.2 Å². The van der Waals surface area contributed by atoms with Crippen LogP contribution in [0.1, 0.15) is 58.6 Å². The van der Waals surface area contributed by atoms with Gasteiger partial charge in [-0.25, -0.2) is 4.57 Å². The lowest BCUT2D eigenvalue weighted by atomic mass is 10.00. The largest absolute Gasteiger partial charge is 0.469 e. The molecule has 0 spiro atoms. The summed E-state index contributed by atoms with van der Waals surface area (Å²) in [7, 11) is -4.46. The van der Waals surface area contributed by atoms with E-state index < -0.39 is 7.82 Å². The van der Waals surface area contributed by atoms with E-state index in [1.165, 1.54) is 16.9 Å². The standard InChI is InChI=1S/C22H32NO5PS/c23-16-15-19(17-28-29(25,26)27)11-12-20-13-14-22(30-20)21(24)10-6-2-5-9-18-7-3-1-4-8-18/h1,3-4,7-8,13-14,19H,2,5-6,9-12,15-17,23H2,(H2,25,26,27). The number of rotatable bonds is 15. The number of hydrogen-bond acceptors (Lipinski definition) is 5. The van der Waals surface area contributed by atoms with E-state index in [1.54, 1.807) is 0 Å². The molecule has 0 aliphatic heterocycles. The summed E-state index contributed by atoms with van der Waals surface area (Å²) < 4.78 is 15.5. The van der Waals surface area contributed by atoms with Crippen LogP contribution in [0.15, 0.2) is 42.5 Å². The Kier molecular flexibility index (Phi) is 10.9. The number of phosphoric ester groups is 1. The van der Waals surface area contributed by atoms with Crippen LogP contribution in [0, 0.1) is 5.92 Å². The van der Waals surface area contributed by atoms with Crippen molar-refractivity contribution >= 4 is 24.9 Å². The van der Waals surface area contributed by atoms with Crippen molar-refractivity contribution in [1.29, 1.82) is 0 Å². The maximum absolute atomic E-state index is 12.4. The van der Waals surface area contributed by atoms with E-state index >= 15 is 0 Å². The highest BCUT2D eigenvalue weighted by Gasteiger charge is 2.18. The van der Waals surface area contributed by atoms with Crippen LogP contribution in [-0.4, -0.2) is 28.7 Å². The van der Waals surface area contributed by atoms with Crippen LogP contribution in [0.4, 0.5) is 0 Å². The molecule has 1 unspecified atom stereocenters. The highest BCUT2D eigenvalue weighted by molar-refractivity contribution is 7.46. The molecule has 0 saturated carbocycles. The summed E-state index contributed by atoms with van der Waals surface area (Å²) in [4.78, 5) is 32.1. The van der Waals surface area contributed by atoms with Crippen LogP contribution in [0.25, 0.3) is 0 Å². The number of hydrogen-bond donors (Lipinski definition) is 3. The predicted molar refractivity (Wildman–Crippen MR) is 121 cm³/mol. The fourth-order valence-electron chi connectivity index (χ4n) is 3.32. The third-order valence-corrected chi connectivity index (χ3v) is 6.67. The highest BCUT2D eigenvalue weighted by atomic mass is 32.1. The molecule has 0 aliphatic carbocycles. The number of aryl methyl sites for hydroxylation is 2. The molecule has 0 fully saturated rings. The van der Waals surface area contributed by atoms with Gasteiger partial charge < -0.3 is 15.5 Å². The van der Waals surface area contributed by atoms with Gasteiger partial charge in [-0.05, 0) is 68.7 Å². The molecule has 2 aromatic rings. The number of unbranched alkanes of at least 4 members (excludes halogenated alkanes) is 2. The number of Topliss-reactive ketones (excluding diaryl/α,β-unsaturated/α-hetero) is 1. The van der Waals surface area contributed by atoms with Gasteiger partial charge in [0.05, 0.1) is 11.5 Å². The first kappa shape index (κ1) is 24.9.